The van der Waals surface area contributed by atoms with E-state index >= 15 is 0 Å². The highest BCUT2D eigenvalue weighted by atomic mass is 16.5. The molecular formula is C28H22N2O. The van der Waals surface area contributed by atoms with Gasteiger partial charge in [-0.15, -0.1) is 0 Å². The zero-order valence-corrected chi connectivity index (χ0v) is 17.2. The number of aromatic amines is 1. The van der Waals surface area contributed by atoms with Crippen LogP contribution in [0.1, 0.15) is 0 Å². The highest BCUT2D eigenvalue weighted by Gasteiger charge is 2.15. The van der Waals surface area contributed by atoms with Crippen LogP contribution in [0.3, 0.4) is 0 Å². The Labute approximate surface area is 182 Å². The third kappa shape index (κ3) is 3.86. The van der Waals surface area contributed by atoms with Crippen molar-refractivity contribution in [2.24, 2.45) is 0 Å². The van der Waals surface area contributed by atoms with Gasteiger partial charge in [-0.1, -0.05) is 97.1 Å². The van der Waals surface area contributed by atoms with E-state index in [1.54, 1.807) is 7.11 Å². The number of rotatable bonds is 5. The molecule has 0 amide bonds. The van der Waals surface area contributed by atoms with Crippen LogP contribution in [0.5, 0.6) is 5.75 Å². The Hall–Kier alpha value is -4.11. The third-order valence-corrected chi connectivity index (χ3v) is 5.40. The lowest BCUT2D eigenvalue weighted by Gasteiger charge is -2.05. The molecule has 0 aliphatic rings. The van der Waals surface area contributed by atoms with Crippen molar-refractivity contribution in [3.63, 3.8) is 0 Å². The summed E-state index contributed by atoms with van der Waals surface area (Å²) in [6, 6.07) is 37.2. The van der Waals surface area contributed by atoms with Crippen LogP contribution in [0.15, 0.2) is 109 Å². The van der Waals surface area contributed by atoms with E-state index in [-0.39, 0.29) is 0 Å². The van der Waals surface area contributed by atoms with Crippen LogP contribution in [-0.2, 0) is 0 Å². The predicted octanol–water partition coefficient (Wildman–Crippen LogP) is 7.09. The fraction of sp³-hybridized carbons (Fsp3) is 0.0357. The van der Waals surface area contributed by atoms with Crippen molar-refractivity contribution < 1.29 is 4.74 Å². The summed E-state index contributed by atoms with van der Waals surface area (Å²) in [6.45, 7) is 0. The Bertz CT molecular complexity index is 1220. The molecule has 5 rings (SSSR count). The topological polar surface area (TPSA) is 37.9 Å². The lowest BCUT2D eigenvalue weighted by atomic mass is 10.0. The Morgan fingerprint density at radius 2 is 1.06 bits per heavy atom. The van der Waals surface area contributed by atoms with Crippen molar-refractivity contribution in [3.8, 4) is 50.8 Å². The maximum absolute atomic E-state index is 5.26. The van der Waals surface area contributed by atoms with Crippen molar-refractivity contribution >= 4 is 0 Å². The summed E-state index contributed by atoms with van der Waals surface area (Å²) in [7, 11) is 1.68. The van der Waals surface area contributed by atoms with Gasteiger partial charge >= 0.3 is 0 Å². The Kier molecular flexibility index (Phi) is 5.07. The van der Waals surface area contributed by atoms with Crippen molar-refractivity contribution in [1.82, 2.24) is 9.97 Å². The molecule has 1 heterocycles. The molecule has 3 heteroatoms. The van der Waals surface area contributed by atoms with Crippen LogP contribution in [0, 0.1) is 0 Å². The zero-order chi connectivity index (χ0) is 21.0. The van der Waals surface area contributed by atoms with Crippen molar-refractivity contribution in [1.29, 1.82) is 0 Å². The molecule has 0 fully saturated rings. The fourth-order valence-corrected chi connectivity index (χ4v) is 3.73. The Balaban J connectivity index is 1.53. The number of hydrogen-bond acceptors (Lipinski definition) is 2. The van der Waals surface area contributed by atoms with Crippen LogP contribution in [0.4, 0.5) is 0 Å². The second-order valence-electron chi connectivity index (χ2n) is 7.35. The monoisotopic (exact) mass is 402 g/mol. The van der Waals surface area contributed by atoms with Gasteiger partial charge in [0.25, 0.3) is 0 Å². The number of nitrogens with one attached hydrogen (secondary N) is 1. The molecule has 150 valence electrons. The first-order valence-corrected chi connectivity index (χ1v) is 10.3. The number of benzene rings is 4. The molecule has 5 aromatic rings. The highest BCUT2D eigenvalue weighted by Crippen LogP contribution is 2.33. The lowest BCUT2D eigenvalue weighted by molar-refractivity contribution is 0.415. The maximum Gasteiger partial charge on any atom is 0.138 e. The average Bonchev–Trinajstić information content (AvgIpc) is 3.31. The van der Waals surface area contributed by atoms with Crippen molar-refractivity contribution in [2.75, 3.05) is 7.11 Å². The van der Waals surface area contributed by atoms with Gasteiger partial charge in [0.15, 0.2) is 0 Å². The van der Waals surface area contributed by atoms with Gasteiger partial charge in [0.2, 0.25) is 0 Å². The predicted molar refractivity (Wildman–Crippen MR) is 127 cm³/mol. The van der Waals surface area contributed by atoms with Gasteiger partial charge in [-0.05, 0) is 23.3 Å². The first kappa shape index (κ1) is 18.9. The Morgan fingerprint density at radius 3 is 1.65 bits per heavy atom. The van der Waals surface area contributed by atoms with Crippen molar-refractivity contribution in [3.05, 3.63) is 109 Å². The minimum Gasteiger partial charge on any atom is -0.497 e. The number of imidazole rings is 1. The molecule has 0 aliphatic heterocycles. The molecule has 0 saturated heterocycles. The Morgan fingerprint density at radius 1 is 0.548 bits per heavy atom. The molecule has 0 saturated carbocycles. The number of methoxy groups -OCH3 is 1. The van der Waals surface area contributed by atoms with E-state index in [4.69, 9.17) is 9.72 Å². The van der Waals surface area contributed by atoms with Crippen LogP contribution in [0.25, 0.3) is 45.0 Å². The third-order valence-electron chi connectivity index (χ3n) is 5.40. The number of H-pyrrole nitrogens is 1. The summed E-state index contributed by atoms with van der Waals surface area (Å²) in [5, 5.41) is 0. The standard InChI is InChI=1S/C28H22N2O/c1-31-25-18-16-21(17-19-25)20-12-14-24(15-13-20)28-29-26(22-8-4-2-5-9-22)27(30-28)23-10-6-3-7-11-23/h2-19H,1H3,(H,29,30). The van der Waals surface area contributed by atoms with Gasteiger partial charge in [0, 0.05) is 16.7 Å². The number of aromatic nitrogens is 2. The van der Waals surface area contributed by atoms with Crippen LogP contribution in [-0.4, -0.2) is 17.1 Å². The normalized spacial score (nSPS) is 10.7. The van der Waals surface area contributed by atoms with Gasteiger partial charge < -0.3 is 9.72 Å². The molecule has 0 unspecified atom stereocenters. The number of ether oxygens (including phenoxy) is 1. The molecule has 1 aromatic heterocycles. The lowest BCUT2D eigenvalue weighted by Crippen LogP contribution is -1.84. The minimum absolute atomic E-state index is 0.859. The molecule has 31 heavy (non-hydrogen) atoms. The van der Waals surface area contributed by atoms with E-state index in [0.717, 1.165) is 50.8 Å². The highest BCUT2D eigenvalue weighted by molar-refractivity contribution is 5.81. The van der Waals surface area contributed by atoms with Gasteiger partial charge in [-0.2, -0.15) is 0 Å². The largest absolute Gasteiger partial charge is 0.497 e. The van der Waals surface area contributed by atoms with E-state index in [9.17, 15) is 0 Å². The van der Waals surface area contributed by atoms with Gasteiger partial charge in [-0.25, -0.2) is 4.98 Å². The smallest absolute Gasteiger partial charge is 0.138 e. The second kappa shape index (κ2) is 8.33. The molecule has 1 N–H and O–H groups in total. The fourth-order valence-electron chi connectivity index (χ4n) is 3.73. The first-order chi connectivity index (χ1) is 15.3. The van der Waals surface area contributed by atoms with E-state index < -0.39 is 0 Å². The molecule has 0 radical (unpaired) electrons. The maximum atomic E-state index is 5.26. The molecule has 0 bridgehead atoms. The van der Waals surface area contributed by atoms with E-state index in [0.29, 0.717) is 0 Å². The first-order valence-electron chi connectivity index (χ1n) is 10.3. The van der Waals surface area contributed by atoms with Gasteiger partial charge in [0.05, 0.1) is 18.5 Å². The summed E-state index contributed by atoms with van der Waals surface area (Å²) in [6.07, 6.45) is 0. The van der Waals surface area contributed by atoms with E-state index in [2.05, 4.69) is 65.6 Å². The molecule has 0 atom stereocenters. The van der Waals surface area contributed by atoms with E-state index in [1.807, 2.05) is 48.5 Å². The minimum atomic E-state index is 0.859. The summed E-state index contributed by atoms with van der Waals surface area (Å²) in [5.41, 5.74) is 7.57. The number of hydrogen-bond donors (Lipinski definition) is 1. The molecular weight excluding hydrogens is 380 g/mol. The quantitative estimate of drug-likeness (QED) is 0.341. The van der Waals surface area contributed by atoms with Crippen LogP contribution >= 0.6 is 0 Å². The zero-order valence-electron chi connectivity index (χ0n) is 17.2. The molecule has 3 nitrogen and oxygen atoms in total. The van der Waals surface area contributed by atoms with Gasteiger partial charge in [0.1, 0.15) is 11.6 Å². The summed E-state index contributed by atoms with van der Waals surface area (Å²) in [5.74, 6) is 1.72. The molecule has 0 spiro atoms. The summed E-state index contributed by atoms with van der Waals surface area (Å²) in [4.78, 5) is 8.54. The summed E-state index contributed by atoms with van der Waals surface area (Å²) < 4.78 is 5.26. The van der Waals surface area contributed by atoms with Gasteiger partial charge in [-0.3, -0.25) is 0 Å². The molecule has 4 aromatic carbocycles. The second-order valence-corrected chi connectivity index (χ2v) is 7.35. The van der Waals surface area contributed by atoms with E-state index in [1.165, 1.54) is 0 Å². The summed E-state index contributed by atoms with van der Waals surface area (Å²) >= 11 is 0. The molecule has 0 aliphatic carbocycles. The SMILES string of the molecule is COc1ccc(-c2ccc(-c3nc(-c4ccccc4)c(-c4ccccc4)[nH]3)cc2)cc1. The van der Waals surface area contributed by atoms with Crippen molar-refractivity contribution in [2.45, 2.75) is 0 Å². The average molecular weight is 402 g/mol. The number of nitrogens with zero attached hydrogens (tertiary/aromatic N) is 1. The van der Waals surface area contributed by atoms with Crippen LogP contribution < -0.4 is 4.74 Å². The van der Waals surface area contributed by atoms with Crippen LogP contribution in [0.2, 0.25) is 0 Å².